The van der Waals surface area contributed by atoms with Gasteiger partial charge in [-0.3, -0.25) is 4.99 Å². The first-order valence-electron chi connectivity index (χ1n) is 14.6. The molecule has 0 aliphatic carbocycles. The number of nitriles is 1. The first-order valence-corrected chi connectivity index (χ1v) is 14.6. The third kappa shape index (κ3) is 3.62. The Kier molecular flexibility index (Phi) is 5.26. The van der Waals surface area contributed by atoms with Gasteiger partial charge in [0.05, 0.1) is 22.7 Å². The minimum absolute atomic E-state index is 0.320. The van der Waals surface area contributed by atoms with Gasteiger partial charge in [-0.25, -0.2) is 0 Å². The highest BCUT2D eigenvalue weighted by molar-refractivity contribution is 6.17. The van der Waals surface area contributed by atoms with Crippen molar-refractivity contribution in [2.75, 3.05) is 5.32 Å². The van der Waals surface area contributed by atoms with E-state index in [1.54, 1.807) is 0 Å². The number of rotatable bonds is 3. The van der Waals surface area contributed by atoms with Crippen LogP contribution < -0.4 is 5.32 Å². The summed E-state index contributed by atoms with van der Waals surface area (Å²) in [6, 6.07) is 47.7. The van der Waals surface area contributed by atoms with Crippen molar-refractivity contribution in [3.05, 3.63) is 156 Å². The molecule has 1 unspecified atom stereocenters. The van der Waals surface area contributed by atoms with Crippen molar-refractivity contribution in [3.8, 4) is 11.8 Å². The fraction of sp³-hybridized carbons (Fsp3) is 0.0256. The van der Waals surface area contributed by atoms with E-state index in [4.69, 9.17) is 9.41 Å². The normalized spacial score (nSPS) is 14.4. The Bertz CT molecular complexity index is 2480. The van der Waals surface area contributed by atoms with Gasteiger partial charge in [-0.05, 0) is 48.0 Å². The van der Waals surface area contributed by atoms with Crippen molar-refractivity contribution in [3.63, 3.8) is 0 Å². The summed E-state index contributed by atoms with van der Waals surface area (Å²) in [5.41, 5.74) is 9.49. The third-order valence-corrected chi connectivity index (χ3v) is 8.70. The summed E-state index contributed by atoms with van der Waals surface area (Å²) in [6.07, 6.45) is 0. The fourth-order valence-corrected chi connectivity index (χ4v) is 6.68. The standard InChI is InChI=1S/C39H24N4O/c40-23-26-11-8-14-32-37(26)38(42-39(41-32)25-9-2-1-3-10-25)24-17-19-27(20-18-24)43-33-15-6-4-12-28(33)30-21-31-29-13-5-7-16-35(29)44-36(31)22-34(30)43/h1-22,38H,(H,41,42). The molecule has 0 saturated heterocycles. The van der Waals surface area contributed by atoms with Crippen LogP contribution in [0.2, 0.25) is 0 Å². The smallest absolute Gasteiger partial charge is 0.137 e. The molecule has 6 aromatic carbocycles. The Morgan fingerprint density at radius 2 is 1.43 bits per heavy atom. The number of nitrogens with one attached hydrogen (secondary N) is 1. The lowest BCUT2D eigenvalue weighted by Gasteiger charge is -2.27. The lowest BCUT2D eigenvalue weighted by Crippen LogP contribution is -2.23. The monoisotopic (exact) mass is 564 g/mol. The van der Waals surface area contributed by atoms with Crippen LogP contribution >= 0.6 is 0 Å². The molecule has 1 N–H and O–H groups in total. The predicted octanol–water partition coefficient (Wildman–Crippen LogP) is 9.52. The maximum atomic E-state index is 10.00. The second-order valence-electron chi connectivity index (χ2n) is 11.2. The lowest BCUT2D eigenvalue weighted by atomic mass is 9.91. The maximum absolute atomic E-state index is 10.00. The van der Waals surface area contributed by atoms with Gasteiger partial charge in [0, 0.05) is 50.1 Å². The van der Waals surface area contributed by atoms with E-state index < -0.39 is 0 Å². The van der Waals surface area contributed by atoms with Crippen LogP contribution in [0.5, 0.6) is 0 Å². The highest BCUT2D eigenvalue weighted by Gasteiger charge is 2.27. The largest absolute Gasteiger partial charge is 0.456 e. The van der Waals surface area contributed by atoms with E-state index in [9.17, 15) is 5.26 Å². The molecule has 0 spiro atoms. The Morgan fingerprint density at radius 1 is 0.659 bits per heavy atom. The number of nitrogens with zero attached hydrogens (tertiary/aromatic N) is 3. The summed E-state index contributed by atoms with van der Waals surface area (Å²) in [6.45, 7) is 0. The zero-order valence-corrected chi connectivity index (χ0v) is 23.5. The lowest BCUT2D eigenvalue weighted by molar-refractivity contribution is 0.669. The van der Waals surface area contributed by atoms with E-state index in [1.165, 1.54) is 10.8 Å². The number of aromatic nitrogens is 1. The summed E-state index contributed by atoms with van der Waals surface area (Å²) in [4.78, 5) is 5.15. The number of benzene rings is 6. The minimum Gasteiger partial charge on any atom is -0.456 e. The highest BCUT2D eigenvalue weighted by atomic mass is 16.3. The van der Waals surface area contributed by atoms with Gasteiger partial charge in [0.15, 0.2) is 0 Å². The van der Waals surface area contributed by atoms with E-state index >= 15 is 0 Å². The number of hydrogen-bond acceptors (Lipinski definition) is 4. The molecule has 1 aliphatic heterocycles. The van der Waals surface area contributed by atoms with E-state index in [2.05, 4.69) is 88.7 Å². The SMILES string of the molecule is N#Cc1cccc2c1C(c1ccc(-n3c4ccccc4c4cc5c(cc43)oc3ccccc35)cc1)N=C(c1ccccc1)N2. The molecule has 44 heavy (non-hydrogen) atoms. The molecular formula is C39H24N4O. The minimum atomic E-state index is -0.320. The number of aliphatic imine (C=N–C) groups is 1. The molecule has 9 rings (SSSR count). The summed E-state index contributed by atoms with van der Waals surface area (Å²) in [5, 5.41) is 18.1. The quantitative estimate of drug-likeness (QED) is 0.232. The third-order valence-electron chi connectivity index (χ3n) is 8.70. The number of fused-ring (bicyclic) bond motifs is 7. The Balaban J connectivity index is 1.22. The average Bonchev–Trinajstić information content (AvgIpc) is 3.61. The first kappa shape index (κ1) is 24.5. The zero-order chi connectivity index (χ0) is 29.2. The molecule has 1 atom stereocenters. The fourth-order valence-electron chi connectivity index (χ4n) is 6.68. The Hall–Kier alpha value is -6.12. The molecular weight excluding hydrogens is 540 g/mol. The van der Waals surface area contributed by atoms with Crippen LogP contribution in [0.3, 0.4) is 0 Å². The molecule has 5 nitrogen and oxygen atoms in total. The number of para-hydroxylation sites is 2. The summed E-state index contributed by atoms with van der Waals surface area (Å²) >= 11 is 0. The topological polar surface area (TPSA) is 66.2 Å². The van der Waals surface area contributed by atoms with Crippen molar-refractivity contribution in [1.29, 1.82) is 5.26 Å². The van der Waals surface area contributed by atoms with Crippen molar-refractivity contribution in [2.24, 2.45) is 4.99 Å². The van der Waals surface area contributed by atoms with E-state index in [1.807, 2.05) is 60.7 Å². The van der Waals surface area contributed by atoms with Gasteiger partial charge >= 0.3 is 0 Å². The van der Waals surface area contributed by atoms with Gasteiger partial charge < -0.3 is 14.3 Å². The van der Waals surface area contributed by atoms with E-state index in [-0.39, 0.29) is 6.04 Å². The molecule has 0 saturated carbocycles. The van der Waals surface area contributed by atoms with Gasteiger partial charge in [0.2, 0.25) is 0 Å². The zero-order valence-electron chi connectivity index (χ0n) is 23.5. The summed E-state index contributed by atoms with van der Waals surface area (Å²) in [5.74, 6) is 0.791. The number of amidine groups is 1. The molecule has 3 heterocycles. The molecule has 0 fully saturated rings. The molecule has 0 bridgehead atoms. The van der Waals surface area contributed by atoms with Crippen molar-refractivity contribution in [2.45, 2.75) is 6.04 Å². The summed E-state index contributed by atoms with van der Waals surface area (Å²) in [7, 11) is 0. The van der Waals surface area contributed by atoms with Gasteiger partial charge in [-0.15, -0.1) is 0 Å². The van der Waals surface area contributed by atoms with Crippen LogP contribution in [-0.4, -0.2) is 10.4 Å². The van der Waals surface area contributed by atoms with Gasteiger partial charge in [0.1, 0.15) is 23.0 Å². The Morgan fingerprint density at radius 3 is 2.27 bits per heavy atom. The second kappa shape index (κ2) is 9.45. The molecule has 2 aromatic heterocycles. The number of furan rings is 1. The average molecular weight is 565 g/mol. The van der Waals surface area contributed by atoms with Crippen LogP contribution in [0, 0.1) is 11.3 Å². The van der Waals surface area contributed by atoms with Crippen molar-refractivity contribution in [1.82, 2.24) is 4.57 Å². The van der Waals surface area contributed by atoms with Gasteiger partial charge in [-0.1, -0.05) is 84.9 Å². The second-order valence-corrected chi connectivity index (χ2v) is 11.2. The van der Waals surface area contributed by atoms with Crippen LogP contribution in [0.15, 0.2) is 143 Å². The van der Waals surface area contributed by atoms with Crippen LogP contribution in [0.1, 0.15) is 28.3 Å². The Labute approximate surface area is 252 Å². The van der Waals surface area contributed by atoms with E-state index in [0.717, 1.165) is 66.9 Å². The molecule has 0 amide bonds. The molecule has 8 aromatic rings. The maximum Gasteiger partial charge on any atom is 0.137 e. The highest BCUT2D eigenvalue weighted by Crippen LogP contribution is 2.40. The number of anilines is 1. The van der Waals surface area contributed by atoms with Crippen molar-refractivity contribution < 1.29 is 4.42 Å². The van der Waals surface area contributed by atoms with E-state index in [0.29, 0.717) is 5.56 Å². The summed E-state index contributed by atoms with van der Waals surface area (Å²) < 4.78 is 8.59. The molecule has 1 aliphatic rings. The van der Waals surface area contributed by atoms with Crippen LogP contribution in [0.25, 0.3) is 49.4 Å². The van der Waals surface area contributed by atoms with Crippen molar-refractivity contribution >= 4 is 55.3 Å². The number of hydrogen-bond donors (Lipinski definition) is 1. The van der Waals surface area contributed by atoms with Gasteiger partial charge in [-0.2, -0.15) is 5.26 Å². The first-order chi connectivity index (χ1) is 21.8. The van der Waals surface area contributed by atoms with Crippen LogP contribution in [-0.2, 0) is 0 Å². The van der Waals surface area contributed by atoms with Crippen LogP contribution in [0.4, 0.5) is 5.69 Å². The molecule has 206 valence electrons. The van der Waals surface area contributed by atoms with Gasteiger partial charge in [0.25, 0.3) is 0 Å². The molecule has 5 heteroatoms. The predicted molar refractivity (Wildman–Crippen MR) is 178 cm³/mol. The molecule has 0 radical (unpaired) electrons.